The number of amides is 2. The second kappa shape index (κ2) is 13.4. The molecular formula is C23H28BrN3O5. The van der Waals surface area contributed by atoms with E-state index in [1.807, 2.05) is 13.0 Å². The molecule has 2 amide bonds. The van der Waals surface area contributed by atoms with Gasteiger partial charge in [0.05, 0.1) is 36.7 Å². The average Bonchev–Trinajstić information content (AvgIpc) is 2.76. The molecular weight excluding hydrogens is 478 g/mol. The number of halogens is 1. The molecule has 2 aromatic rings. The summed E-state index contributed by atoms with van der Waals surface area (Å²) >= 11 is 3.50. The van der Waals surface area contributed by atoms with Crippen LogP contribution in [0.15, 0.2) is 46.0 Å². The van der Waals surface area contributed by atoms with E-state index in [-0.39, 0.29) is 6.42 Å². The summed E-state index contributed by atoms with van der Waals surface area (Å²) < 4.78 is 17.4. The minimum Gasteiger partial charge on any atom is -0.495 e. The topological polar surface area (TPSA) is 98.2 Å². The van der Waals surface area contributed by atoms with Crippen LogP contribution in [0.4, 0.5) is 5.69 Å². The van der Waals surface area contributed by atoms with Crippen LogP contribution in [0.3, 0.4) is 0 Å². The number of benzene rings is 2. The summed E-state index contributed by atoms with van der Waals surface area (Å²) in [6.45, 7) is 5.06. The first-order valence-electron chi connectivity index (χ1n) is 10.3. The molecule has 0 radical (unpaired) electrons. The molecule has 0 saturated carbocycles. The number of ether oxygens (including phenoxy) is 3. The lowest BCUT2D eigenvalue weighted by Crippen LogP contribution is -2.24. The summed E-state index contributed by atoms with van der Waals surface area (Å²) in [7, 11) is 1.51. The Morgan fingerprint density at radius 1 is 1.09 bits per heavy atom. The van der Waals surface area contributed by atoms with Crippen LogP contribution in [0.5, 0.6) is 17.2 Å². The zero-order valence-corrected chi connectivity index (χ0v) is 20.0. The molecule has 0 aromatic heterocycles. The molecule has 0 aliphatic rings. The number of rotatable bonds is 12. The number of carbonyl (C=O) groups excluding carboxylic acids is 2. The molecule has 0 bridgehead atoms. The van der Waals surface area contributed by atoms with Crippen molar-refractivity contribution >= 4 is 39.6 Å². The van der Waals surface area contributed by atoms with Crippen molar-refractivity contribution in [1.82, 2.24) is 5.43 Å². The third kappa shape index (κ3) is 7.88. The predicted octanol–water partition coefficient (Wildman–Crippen LogP) is 4.51. The number of unbranched alkanes of at least 4 members (excludes halogenated alkanes) is 1. The fourth-order valence-corrected chi connectivity index (χ4v) is 3.26. The first-order chi connectivity index (χ1) is 15.5. The maximum Gasteiger partial charge on any atom is 0.249 e. The van der Waals surface area contributed by atoms with Crippen molar-refractivity contribution in [2.75, 3.05) is 25.6 Å². The van der Waals surface area contributed by atoms with Crippen LogP contribution in [-0.2, 0) is 9.59 Å². The highest BCUT2D eigenvalue weighted by Gasteiger charge is 2.13. The van der Waals surface area contributed by atoms with Gasteiger partial charge in [-0.2, -0.15) is 5.10 Å². The van der Waals surface area contributed by atoms with E-state index in [1.165, 1.54) is 13.3 Å². The van der Waals surface area contributed by atoms with Gasteiger partial charge in [0.25, 0.3) is 0 Å². The van der Waals surface area contributed by atoms with Gasteiger partial charge in [-0.05, 0) is 59.1 Å². The summed E-state index contributed by atoms with van der Waals surface area (Å²) in [6.07, 6.45) is 3.06. The maximum atomic E-state index is 12.1. The molecule has 0 aliphatic heterocycles. The number of hydrogen-bond donors (Lipinski definition) is 2. The van der Waals surface area contributed by atoms with Gasteiger partial charge in [0.2, 0.25) is 11.8 Å². The molecule has 9 heteroatoms. The fraction of sp³-hybridized carbons (Fsp3) is 0.348. The lowest BCUT2D eigenvalue weighted by Gasteiger charge is -2.14. The van der Waals surface area contributed by atoms with Crippen molar-refractivity contribution in [3.8, 4) is 17.2 Å². The van der Waals surface area contributed by atoms with Crippen molar-refractivity contribution < 1.29 is 23.8 Å². The van der Waals surface area contributed by atoms with Gasteiger partial charge >= 0.3 is 0 Å². The van der Waals surface area contributed by atoms with Gasteiger partial charge in [-0.1, -0.05) is 25.5 Å². The van der Waals surface area contributed by atoms with Crippen molar-refractivity contribution in [3.63, 3.8) is 0 Å². The molecule has 0 spiro atoms. The van der Waals surface area contributed by atoms with E-state index in [1.54, 1.807) is 30.3 Å². The zero-order valence-electron chi connectivity index (χ0n) is 18.4. The molecule has 32 heavy (non-hydrogen) atoms. The fourth-order valence-electron chi connectivity index (χ4n) is 2.69. The number of hydrazone groups is 1. The third-order valence-electron chi connectivity index (χ3n) is 4.18. The van der Waals surface area contributed by atoms with Gasteiger partial charge in [-0.15, -0.1) is 0 Å². The van der Waals surface area contributed by atoms with E-state index in [9.17, 15) is 9.59 Å². The Bertz CT molecular complexity index is 949. The quantitative estimate of drug-likeness (QED) is 0.191. The minimum atomic E-state index is -0.544. The van der Waals surface area contributed by atoms with Crippen LogP contribution in [0.25, 0.3) is 0 Å². The first-order valence-corrected chi connectivity index (χ1v) is 11.1. The van der Waals surface area contributed by atoms with E-state index in [0.29, 0.717) is 41.7 Å². The predicted molar refractivity (Wildman–Crippen MR) is 128 cm³/mol. The summed E-state index contributed by atoms with van der Waals surface area (Å²) in [5, 5.41) is 6.58. The normalized spacial score (nSPS) is 10.6. The van der Waals surface area contributed by atoms with Crippen molar-refractivity contribution in [3.05, 3.63) is 46.4 Å². The Morgan fingerprint density at radius 3 is 2.59 bits per heavy atom. The van der Waals surface area contributed by atoms with Gasteiger partial charge < -0.3 is 19.5 Å². The molecule has 172 valence electrons. The van der Waals surface area contributed by atoms with Gasteiger partial charge in [-0.3, -0.25) is 9.59 Å². The summed E-state index contributed by atoms with van der Waals surface area (Å²) in [6, 6.07) is 10.5. The van der Waals surface area contributed by atoms with E-state index >= 15 is 0 Å². The van der Waals surface area contributed by atoms with Crippen LogP contribution in [0, 0.1) is 0 Å². The van der Waals surface area contributed by atoms with Crippen LogP contribution < -0.4 is 25.0 Å². The highest BCUT2D eigenvalue weighted by molar-refractivity contribution is 9.10. The van der Waals surface area contributed by atoms with E-state index in [0.717, 1.165) is 17.3 Å². The second-order valence-corrected chi connectivity index (χ2v) is 7.54. The van der Waals surface area contributed by atoms with Crippen molar-refractivity contribution in [2.45, 2.75) is 33.1 Å². The lowest BCUT2D eigenvalue weighted by atomic mass is 10.2. The second-order valence-electron chi connectivity index (χ2n) is 6.68. The summed E-state index contributed by atoms with van der Waals surface area (Å²) in [5.41, 5.74) is 3.54. The Labute approximate surface area is 196 Å². The first kappa shape index (κ1) is 25.2. The third-order valence-corrected chi connectivity index (χ3v) is 4.77. The highest BCUT2D eigenvalue weighted by Crippen LogP contribution is 2.36. The SMILES string of the molecule is CCCCOc1c(Br)cc(C=NNC(=O)CC(=O)Nc2ccccc2OC)cc1OCC. The standard InChI is InChI=1S/C23H28BrN3O5/c1-4-6-11-32-23-17(24)12-16(13-20(23)31-5-2)15-25-27-22(29)14-21(28)26-18-9-7-8-10-19(18)30-3/h7-10,12-13,15H,4-6,11,14H2,1-3H3,(H,26,28)(H,27,29). The van der Waals surface area contributed by atoms with Crippen LogP contribution in [0.2, 0.25) is 0 Å². The number of nitrogens with one attached hydrogen (secondary N) is 2. The van der Waals surface area contributed by atoms with Gasteiger partial charge in [-0.25, -0.2) is 5.43 Å². The molecule has 0 atom stereocenters. The maximum absolute atomic E-state index is 12.1. The Balaban J connectivity index is 1.96. The molecule has 0 heterocycles. The number of carbonyl (C=O) groups is 2. The van der Waals surface area contributed by atoms with Crippen molar-refractivity contribution in [1.29, 1.82) is 0 Å². The Morgan fingerprint density at radius 2 is 1.88 bits per heavy atom. The van der Waals surface area contributed by atoms with E-state index < -0.39 is 11.8 Å². The smallest absolute Gasteiger partial charge is 0.249 e. The van der Waals surface area contributed by atoms with Gasteiger partial charge in [0, 0.05) is 0 Å². The van der Waals surface area contributed by atoms with Crippen LogP contribution >= 0.6 is 15.9 Å². The molecule has 2 aromatic carbocycles. The number of hydrogen-bond acceptors (Lipinski definition) is 6. The van der Waals surface area contributed by atoms with Crippen LogP contribution in [0.1, 0.15) is 38.7 Å². The molecule has 0 saturated heterocycles. The Kier molecular flexibility index (Phi) is 10.5. The summed E-state index contributed by atoms with van der Waals surface area (Å²) in [5.74, 6) is 0.711. The number of methoxy groups -OCH3 is 1. The Hall–Kier alpha value is -3.07. The summed E-state index contributed by atoms with van der Waals surface area (Å²) in [4.78, 5) is 24.2. The van der Waals surface area contributed by atoms with Crippen molar-refractivity contribution in [2.24, 2.45) is 5.10 Å². The van der Waals surface area contributed by atoms with Gasteiger partial charge in [0.1, 0.15) is 12.2 Å². The average molecular weight is 506 g/mol. The number of anilines is 1. The minimum absolute atomic E-state index is 0.381. The molecule has 0 aliphatic carbocycles. The number of para-hydroxylation sites is 2. The van der Waals surface area contributed by atoms with Gasteiger partial charge in [0.15, 0.2) is 11.5 Å². The number of nitrogens with zero attached hydrogens (tertiary/aromatic N) is 1. The van der Waals surface area contributed by atoms with Crippen LogP contribution in [-0.4, -0.2) is 38.4 Å². The molecule has 0 unspecified atom stereocenters. The molecule has 2 N–H and O–H groups in total. The lowest BCUT2D eigenvalue weighted by molar-refractivity contribution is -0.126. The monoisotopic (exact) mass is 505 g/mol. The highest BCUT2D eigenvalue weighted by atomic mass is 79.9. The molecule has 8 nitrogen and oxygen atoms in total. The molecule has 2 rings (SSSR count). The van der Waals surface area contributed by atoms with E-state index in [4.69, 9.17) is 14.2 Å². The molecule has 0 fully saturated rings. The van der Waals surface area contributed by atoms with E-state index in [2.05, 4.69) is 38.7 Å². The zero-order chi connectivity index (χ0) is 23.3. The largest absolute Gasteiger partial charge is 0.495 e.